The van der Waals surface area contributed by atoms with Crippen LogP contribution in [0.4, 0.5) is 11.4 Å². The zero-order valence-electron chi connectivity index (χ0n) is 15.8. The van der Waals surface area contributed by atoms with Gasteiger partial charge in [-0.3, -0.25) is 19.5 Å². The molecule has 0 aliphatic rings. The predicted molar refractivity (Wildman–Crippen MR) is 114 cm³/mol. The minimum atomic E-state index is -0.511. The summed E-state index contributed by atoms with van der Waals surface area (Å²) in [4.78, 5) is 38.8. The zero-order chi connectivity index (χ0) is 21.1. The summed E-state index contributed by atoms with van der Waals surface area (Å²) in [5.41, 5.74) is -0.0144. The molecule has 1 aromatic heterocycles. The summed E-state index contributed by atoms with van der Waals surface area (Å²) in [5.74, 6) is -0.704. The van der Waals surface area contributed by atoms with Crippen LogP contribution in [-0.2, 0) is 6.54 Å². The second-order valence-electron chi connectivity index (χ2n) is 6.53. The predicted octanol–water partition coefficient (Wildman–Crippen LogP) is 2.50. The van der Waals surface area contributed by atoms with E-state index in [1.807, 2.05) is 30.3 Å². The van der Waals surface area contributed by atoms with Crippen LogP contribution in [0.25, 0.3) is 0 Å². The number of hydrogen-bond acceptors (Lipinski definition) is 5. The van der Waals surface area contributed by atoms with Crippen molar-refractivity contribution in [3.63, 3.8) is 0 Å². The maximum atomic E-state index is 12.9. The summed E-state index contributed by atoms with van der Waals surface area (Å²) in [7, 11) is 3.13. The summed E-state index contributed by atoms with van der Waals surface area (Å²) in [6, 6.07) is 13.8. The van der Waals surface area contributed by atoms with Gasteiger partial charge in [-0.2, -0.15) is 0 Å². The number of phenolic OH excluding ortho intramolecular Hbond substituents is 1. The third-order valence-corrected chi connectivity index (χ3v) is 4.99. The third kappa shape index (κ3) is 4.24. The Morgan fingerprint density at radius 1 is 1.14 bits per heavy atom. The normalized spacial score (nSPS) is 10.6. The van der Waals surface area contributed by atoms with Gasteiger partial charge in [0.05, 0.1) is 17.8 Å². The molecule has 0 bridgehead atoms. The van der Waals surface area contributed by atoms with Crippen LogP contribution in [0.15, 0.2) is 62.6 Å². The summed E-state index contributed by atoms with van der Waals surface area (Å²) < 4.78 is 1.17. The molecule has 1 heterocycles. The van der Waals surface area contributed by atoms with Gasteiger partial charge < -0.3 is 15.3 Å². The third-order valence-electron chi connectivity index (χ3n) is 4.23. The number of rotatable bonds is 5. The van der Waals surface area contributed by atoms with Gasteiger partial charge in [0.15, 0.2) is 5.75 Å². The van der Waals surface area contributed by atoms with Crippen molar-refractivity contribution in [2.75, 3.05) is 19.4 Å². The number of halogens is 1. The Morgan fingerprint density at radius 2 is 1.83 bits per heavy atom. The van der Waals surface area contributed by atoms with Crippen LogP contribution in [-0.4, -0.2) is 39.8 Å². The van der Waals surface area contributed by atoms with Gasteiger partial charge in [-0.05, 0) is 33.6 Å². The first-order chi connectivity index (χ1) is 13.8. The summed E-state index contributed by atoms with van der Waals surface area (Å²) >= 11 is 3.13. The van der Waals surface area contributed by atoms with Gasteiger partial charge in [-0.25, -0.2) is 4.68 Å². The number of amides is 1. The number of nitrogens with zero attached hydrogens (tertiary/aromatic N) is 2. The molecular formula is C20H19BrN4O4. The van der Waals surface area contributed by atoms with Crippen LogP contribution in [0.1, 0.15) is 15.9 Å². The molecule has 9 heteroatoms. The number of phenols is 1. The highest BCUT2D eigenvalue weighted by Crippen LogP contribution is 2.31. The average molecular weight is 459 g/mol. The van der Waals surface area contributed by atoms with Gasteiger partial charge in [0.2, 0.25) is 0 Å². The van der Waals surface area contributed by atoms with E-state index in [9.17, 15) is 19.5 Å². The van der Waals surface area contributed by atoms with E-state index in [1.54, 1.807) is 20.2 Å². The molecule has 2 aromatic carbocycles. The maximum absolute atomic E-state index is 12.9. The molecule has 0 aliphatic carbocycles. The fraction of sp³-hybridized carbons (Fsp3) is 0.150. The lowest BCUT2D eigenvalue weighted by Crippen LogP contribution is -2.32. The van der Waals surface area contributed by atoms with Gasteiger partial charge in [0, 0.05) is 14.1 Å². The molecule has 0 radical (unpaired) electrons. The minimum absolute atomic E-state index is 0.00412. The molecule has 0 fully saturated rings. The van der Waals surface area contributed by atoms with Gasteiger partial charge >= 0.3 is 0 Å². The van der Waals surface area contributed by atoms with E-state index in [4.69, 9.17) is 0 Å². The van der Waals surface area contributed by atoms with Crippen LogP contribution in [0.2, 0.25) is 0 Å². The molecule has 3 rings (SSSR count). The number of para-hydroxylation sites is 1. The quantitative estimate of drug-likeness (QED) is 0.509. The van der Waals surface area contributed by atoms with Gasteiger partial charge in [-0.1, -0.05) is 36.4 Å². The topological polar surface area (TPSA) is 107 Å². The number of aromatic amines is 1. The first-order valence-electron chi connectivity index (χ1n) is 8.66. The molecule has 150 valence electrons. The number of aromatic nitrogens is 2. The Morgan fingerprint density at radius 3 is 2.48 bits per heavy atom. The Kier molecular flexibility index (Phi) is 5.88. The van der Waals surface area contributed by atoms with E-state index in [-0.39, 0.29) is 33.7 Å². The van der Waals surface area contributed by atoms with Crippen molar-refractivity contribution in [1.82, 2.24) is 14.7 Å². The van der Waals surface area contributed by atoms with Crippen molar-refractivity contribution >= 4 is 33.2 Å². The van der Waals surface area contributed by atoms with Crippen LogP contribution in [0.5, 0.6) is 5.75 Å². The molecule has 8 nitrogen and oxygen atoms in total. The van der Waals surface area contributed by atoms with Crippen molar-refractivity contribution in [3.05, 3.63) is 84.8 Å². The van der Waals surface area contributed by atoms with Crippen molar-refractivity contribution in [1.29, 1.82) is 0 Å². The van der Waals surface area contributed by atoms with Crippen LogP contribution < -0.4 is 16.4 Å². The maximum Gasteiger partial charge on any atom is 0.290 e. The van der Waals surface area contributed by atoms with Gasteiger partial charge in [0.1, 0.15) is 10.2 Å². The number of aromatic hydroxyl groups is 1. The number of H-pyrrole nitrogens is 1. The monoisotopic (exact) mass is 458 g/mol. The Balaban J connectivity index is 2.04. The average Bonchev–Trinajstić information content (AvgIpc) is 2.70. The van der Waals surface area contributed by atoms with Crippen molar-refractivity contribution in [2.24, 2.45) is 0 Å². The molecule has 29 heavy (non-hydrogen) atoms. The van der Waals surface area contributed by atoms with E-state index in [0.29, 0.717) is 0 Å². The lowest BCUT2D eigenvalue weighted by molar-refractivity contribution is 0.0824. The number of hydrogen-bond donors (Lipinski definition) is 3. The van der Waals surface area contributed by atoms with Gasteiger partial charge in [0.25, 0.3) is 17.0 Å². The Bertz CT molecular complexity index is 1170. The summed E-state index contributed by atoms with van der Waals surface area (Å²) in [6.45, 7) is 0.169. The molecule has 1 amide bonds. The number of benzene rings is 2. The standard InChI is InChI=1S/C20H19BrN4O4/c1-24(2)19(28)13-9-6-10-14(17(13)26)22-16-15(21)18(27)23-25(20(16)29)11-12-7-4-3-5-8-12/h3-10,22,26H,11H2,1-2H3,(H,23,27). The fourth-order valence-corrected chi connectivity index (χ4v) is 3.10. The van der Waals surface area contributed by atoms with Crippen molar-refractivity contribution in [2.45, 2.75) is 6.54 Å². The Labute approximate surface area is 174 Å². The lowest BCUT2D eigenvalue weighted by atomic mass is 10.1. The minimum Gasteiger partial charge on any atom is -0.505 e. The Hall–Kier alpha value is -3.33. The van der Waals surface area contributed by atoms with E-state index in [1.165, 1.54) is 21.7 Å². The van der Waals surface area contributed by atoms with Crippen LogP contribution in [0.3, 0.4) is 0 Å². The zero-order valence-corrected chi connectivity index (χ0v) is 17.4. The van der Waals surface area contributed by atoms with Crippen LogP contribution in [0, 0.1) is 0 Å². The molecule has 0 saturated carbocycles. The van der Waals surface area contributed by atoms with Crippen molar-refractivity contribution in [3.8, 4) is 5.75 Å². The molecule has 0 atom stereocenters. The SMILES string of the molecule is CN(C)C(=O)c1cccc(Nc2c(Br)c(=O)[nH]n(Cc3ccccc3)c2=O)c1O. The molecule has 0 spiro atoms. The number of nitrogens with one attached hydrogen (secondary N) is 2. The molecule has 0 aliphatic heterocycles. The highest BCUT2D eigenvalue weighted by atomic mass is 79.9. The highest BCUT2D eigenvalue weighted by Gasteiger charge is 2.19. The smallest absolute Gasteiger partial charge is 0.290 e. The van der Waals surface area contributed by atoms with E-state index < -0.39 is 17.0 Å². The largest absolute Gasteiger partial charge is 0.505 e. The number of carbonyl (C=O) groups is 1. The van der Waals surface area contributed by atoms with E-state index in [2.05, 4.69) is 26.3 Å². The summed E-state index contributed by atoms with van der Waals surface area (Å²) in [6.07, 6.45) is 0. The van der Waals surface area contributed by atoms with Crippen LogP contribution >= 0.6 is 15.9 Å². The molecule has 0 saturated heterocycles. The summed E-state index contributed by atoms with van der Waals surface area (Å²) in [5, 5.41) is 15.8. The van der Waals surface area contributed by atoms with E-state index in [0.717, 1.165) is 5.56 Å². The van der Waals surface area contributed by atoms with Gasteiger partial charge in [-0.15, -0.1) is 0 Å². The molecular weight excluding hydrogens is 440 g/mol. The second kappa shape index (κ2) is 8.36. The first-order valence-corrected chi connectivity index (χ1v) is 9.46. The highest BCUT2D eigenvalue weighted by molar-refractivity contribution is 9.10. The first kappa shape index (κ1) is 20.4. The van der Waals surface area contributed by atoms with E-state index >= 15 is 0 Å². The molecule has 3 N–H and O–H groups in total. The lowest BCUT2D eigenvalue weighted by Gasteiger charge is -2.16. The number of anilines is 2. The number of carbonyl (C=O) groups excluding carboxylic acids is 1. The molecule has 3 aromatic rings. The van der Waals surface area contributed by atoms with Crippen molar-refractivity contribution < 1.29 is 9.90 Å². The molecule has 0 unspecified atom stereocenters. The fourth-order valence-electron chi connectivity index (χ4n) is 2.74. The second-order valence-corrected chi connectivity index (χ2v) is 7.33.